The first-order chi connectivity index (χ1) is 27.8. The summed E-state index contributed by atoms with van der Waals surface area (Å²) >= 11 is 0. The molecule has 0 fully saturated rings. The topological polar surface area (TPSA) is 16.4 Å². The van der Waals surface area contributed by atoms with Crippen molar-refractivity contribution in [2.24, 2.45) is 0 Å². The molecule has 11 rings (SSSR count). The van der Waals surface area contributed by atoms with Gasteiger partial charge in [0.2, 0.25) is 0 Å². The van der Waals surface area contributed by atoms with Gasteiger partial charge in [0.1, 0.15) is 11.2 Å². The number of hydrogen-bond acceptors (Lipinski definition) is 2. The maximum absolute atomic E-state index is 6.61. The highest BCUT2D eigenvalue weighted by atomic mass is 16.3. The molecule has 2 nitrogen and oxygen atoms in total. The number of benzene rings is 10. The lowest BCUT2D eigenvalue weighted by Crippen LogP contribution is -2.11. The van der Waals surface area contributed by atoms with E-state index in [1.54, 1.807) is 0 Å². The largest absolute Gasteiger partial charge is 0.455 e. The molecule has 2 heteroatoms. The second-order valence-electron chi connectivity index (χ2n) is 14.4. The van der Waals surface area contributed by atoms with E-state index in [1.807, 2.05) is 0 Å². The zero-order chi connectivity index (χ0) is 37.0. The number of hydrogen-bond donors (Lipinski definition) is 0. The van der Waals surface area contributed by atoms with Crippen molar-refractivity contribution in [1.82, 2.24) is 0 Å². The van der Waals surface area contributed by atoms with Crippen LogP contribution in [0, 0.1) is 0 Å². The SMILES string of the molecule is c1ccc(-c2ccccc2N(c2ccc(-c3cc4ccccc4c4ccccc34)cc2)c2ccc(-c3cccc4c3oc3ccc5ccccc5c34)cc2)cc1. The Balaban J connectivity index is 1.04. The molecule has 1 aromatic heterocycles. The lowest BCUT2D eigenvalue weighted by molar-refractivity contribution is 0.670. The number of nitrogens with zero attached hydrogens (tertiary/aromatic N) is 1. The molecule has 0 N–H and O–H groups in total. The fourth-order valence-corrected chi connectivity index (χ4v) is 8.63. The fourth-order valence-electron chi connectivity index (χ4n) is 8.63. The minimum atomic E-state index is 0.909. The Morgan fingerprint density at radius 3 is 1.64 bits per heavy atom. The molecule has 0 amide bonds. The van der Waals surface area contributed by atoms with Gasteiger partial charge in [0.05, 0.1) is 5.69 Å². The van der Waals surface area contributed by atoms with Crippen LogP contribution in [0.2, 0.25) is 0 Å². The Labute approximate surface area is 325 Å². The average Bonchev–Trinajstić information content (AvgIpc) is 3.67. The van der Waals surface area contributed by atoms with Crippen molar-refractivity contribution in [3.8, 4) is 33.4 Å². The quantitative estimate of drug-likeness (QED) is 0.160. The van der Waals surface area contributed by atoms with E-state index in [0.717, 1.165) is 44.7 Å². The molecule has 10 aromatic carbocycles. The van der Waals surface area contributed by atoms with Crippen molar-refractivity contribution in [3.05, 3.63) is 212 Å². The Kier molecular flexibility index (Phi) is 7.53. The third kappa shape index (κ3) is 5.26. The third-order valence-corrected chi connectivity index (χ3v) is 11.3. The predicted molar refractivity (Wildman–Crippen MR) is 237 cm³/mol. The highest BCUT2D eigenvalue weighted by Gasteiger charge is 2.19. The average molecular weight is 714 g/mol. The summed E-state index contributed by atoms with van der Waals surface area (Å²) in [4.78, 5) is 2.38. The summed E-state index contributed by atoms with van der Waals surface area (Å²) in [5.41, 5.74) is 12.0. The number of para-hydroxylation sites is 2. The lowest BCUT2D eigenvalue weighted by atomic mass is 9.93. The van der Waals surface area contributed by atoms with Crippen molar-refractivity contribution in [1.29, 1.82) is 0 Å². The maximum atomic E-state index is 6.61. The molecule has 0 saturated carbocycles. The van der Waals surface area contributed by atoms with Crippen molar-refractivity contribution >= 4 is 71.3 Å². The molecule has 0 atom stereocenters. The first-order valence-electron chi connectivity index (χ1n) is 19.2. The summed E-state index contributed by atoms with van der Waals surface area (Å²) in [7, 11) is 0. The van der Waals surface area contributed by atoms with Gasteiger partial charge < -0.3 is 9.32 Å². The van der Waals surface area contributed by atoms with Crippen molar-refractivity contribution in [2.45, 2.75) is 0 Å². The van der Waals surface area contributed by atoms with Crippen molar-refractivity contribution in [3.63, 3.8) is 0 Å². The zero-order valence-corrected chi connectivity index (χ0v) is 30.6. The maximum Gasteiger partial charge on any atom is 0.143 e. The van der Waals surface area contributed by atoms with Gasteiger partial charge in [-0.2, -0.15) is 0 Å². The molecular formula is C54H35NO. The Bertz CT molecular complexity index is 3230. The van der Waals surface area contributed by atoms with E-state index in [1.165, 1.54) is 60.0 Å². The van der Waals surface area contributed by atoms with Gasteiger partial charge in [-0.05, 0) is 97.0 Å². The van der Waals surface area contributed by atoms with E-state index in [4.69, 9.17) is 4.42 Å². The highest BCUT2D eigenvalue weighted by molar-refractivity contribution is 6.20. The van der Waals surface area contributed by atoms with Gasteiger partial charge in [0, 0.05) is 33.3 Å². The zero-order valence-electron chi connectivity index (χ0n) is 30.6. The summed E-state index contributed by atoms with van der Waals surface area (Å²) < 4.78 is 6.61. The smallest absolute Gasteiger partial charge is 0.143 e. The van der Waals surface area contributed by atoms with Crippen LogP contribution in [-0.2, 0) is 0 Å². The molecule has 0 aliphatic heterocycles. The Hall–Kier alpha value is -7.42. The number of furan rings is 1. The fraction of sp³-hybridized carbons (Fsp3) is 0. The molecule has 0 saturated heterocycles. The van der Waals surface area contributed by atoms with Gasteiger partial charge in [-0.1, -0.05) is 170 Å². The van der Waals surface area contributed by atoms with Crippen LogP contribution in [0.1, 0.15) is 0 Å². The molecule has 0 spiro atoms. The van der Waals surface area contributed by atoms with Gasteiger partial charge in [-0.15, -0.1) is 0 Å². The third-order valence-electron chi connectivity index (χ3n) is 11.3. The van der Waals surface area contributed by atoms with Crippen LogP contribution >= 0.6 is 0 Å². The van der Waals surface area contributed by atoms with Crippen LogP contribution in [-0.4, -0.2) is 0 Å². The van der Waals surface area contributed by atoms with Crippen LogP contribution in [0.5, 0.6) is 0 Å². The van der Waals surface area contributed by atoms with Gasteiger partial charge >= 0.3 is 0 Å². The standard InChI is InChI=1S/C54H35NO/c1-2-13-36(14-3-1)44-18-10-11-24-51(44)55(42-32-27-39(28-33-42)50-35-40-16-5-6-17-43(40)47-20-8-9-21-48(47)50)41-30-25-38(26-31-41)46-22-12-23-49-53-45-19-7-4-15-37(45)29-34-52(53)56-54(46)49/h1-35H. The molecule has 56 heavy (non-hydrogen) atoms. The molecule has 11 aromatic rings. The van der Waals surface area contributed by atoms with E-state index >= 15 is 0 Å². The summed E-state index contributed by atoms with van der Waals surface area (Å²) in [6.07, 6.45) is 0. The van der Waals surface area contributed by atoms with Crippen LogP contribution in [0.3, 0.4) is 0 Å². The molecule has 262 valence electrons. The van der Waals surface area contributed by atoms with Crippen LogP contribution in [0.25, 0.3) is 87.6 Å². The van der Waals surface area contributed by atoms with E-state index < -0.39 is 0 Å². The summed E-state index contributed by atoms with van der Waals surface area (Å²) in [5.74, 6) is 0. The second-order valence-corrected chi connectivity index (χ2v) is 14.4. The summed E-state index contributed by atoms with van der Waals surface area (Å²) in [6.45, 7) is 0. The normalized spacial score (nSPS) is 11.6. The second kappa shape index (κ2) is 13.2. The molecule has 0 unspecified atom stereocenters. The van der Waals surface area contributed by atoms with Crippen LogP contribution in [0.4, 0.5) is 17.1 Å². The first-order valence-corrected chi connectivity index (χ1v) is 19.2. The van der Waals surface area contributed by atoms with Crippen molar-refractivity contribution in [2.75, 3.05) is 4.90 Å². The lowest BCUT2D eigenvalue weighted by Gasteiger charge is -2.28. The van der Waals surface area contributed by atoms with Gasteiger partial charge in [0.15, 0.2) is 0 Å². The van der Waals surface area contributed by atoms with Crippen LogP contribution < -0.4 is 4.90 Å². The van der Waals surface area contributed by atoms with Crippen LogP contribution in [0.15, 0.2) is 217 Å². The predicted octanol–water partition coefficient (Wildman–Crippen LogP) is 15.5. The molecule has 0 bridgehead atoms. The summed E-state index contributed by atoms with van der Waals surface area (Å²) in [6, 6.07) is 76.3. The van der Waals surface area contributed by atoms with E-state index in [-0.39, 0.29) is 0 Å². The van der Waals surface area contributed by atoms with E-state index in [2.05, 4.69) is 217 Å². The number of rotatable bonds is 6. The van der Waals surface area contributed by atoms with E-state index in [0.29, 0.717) is 0 Å². The first kappa shape index (κ1) is 32.0. The van der Waals surface area contributed by atoms with Gasteiger partial charge in [-0.3, -0.25) is 0 Å². The Morgan fingerprint density at radius 2 is 0.875 bits per heavy atom. The number of fused-ring (bicyclic) bond motifs is 8. The minimum absolute atomic E-state index is 0.909. The molecular weight excluding hydrogens is 679 g/mol. The van der Waals surface area contributed by atoms with Gasteiger partial charge in [0.25, 0.3) is 0 Å². The minimum Gasteiger partial charge on any atom is -0.455 e. The highest BCUT2D eigenvalue weighted by Crippen LogP contribution is 2.44. The van der Waals surface area contributed by atoms with E-state index in [9.17, 15) is 0 Å². The molecule has 0 aliphatic carbocycles. The molecule has 0 radical (unpaired) electrons. The molecule has 0 aliphatic rings. The monoisotopic (exact) mass is 713 g/mol. The molecule has 1 heterocycles. The number of anilines is 3. The van der Waals surface area contributed by atoms with Crippen molar-refractivity contribution < 1.29 is 4.42 Å². The summed E-state index contributed by atoms with van der Waals surface area (Å²) in [5, 5.41) is 9.78. The van der Waals surface area contributed by atoms with Gasteiger partial charge in [-0.25, -0.2) is 0 Å². The Morgan fingerprint density at radius 1 is 0.321 bits per heavy atom.